The number of nitrogens with zero attached hydrogens (tertiary/aromatic N) is 5. The molecule has 0 unspecified atom stereocenters. The van der Waals surface area contributed by atoms with Gasteiger partial charge in [0.15, 0.2) is 0 Å². The molecule has 0 radical (unpaired) electrons. The standard InChI is InChI=1S/C24H26ClN7S/c1-17-16-18(2)27-22(26-17)29-23(30-24(33)28-21-11-7-6-10-20(21)25)32-14-12-31(13-15-32)19-8-4-3-5-9-19/h3-11,16H,12-15H2,1-2H3,(H2,26,27,28,29,30,33). The summed E-state index contributed by atoms with van der Waals surface area (Å²) in [4.78, 5) is 18.2. The van der Waals surface area contributed by atoms with Gasteiger partial charge in [0.25, 0.3) is 0 Å². The largest absolute Gasteiger partial charge is 0.368 e. The first kappa shape index (κ1) is 22.9. The van der Waals surface area contributed by atoms with Gasteiger partial charge < -0.3 is 15.1 Å². The van der Waals surface area contributed by atoms with Crippen LogP contribution in [0.3, 0.4) is 0 Å². The topological polar surface area (TPSA) is 68.7 Å². The number of benzene rings is 2. The maximum atomic E-state index is 6.27. The van der Waals surface area contributed by atoms with Crippen LogP contribution < -0.4 is 15.5 Å². The van der Waals surface area contributed by atoms with E-state index in [9.17, 15) is 0 Å². The van der Waals surface area contributed by atoms with Crippen LogP contribution in [0.15, 0.2) is 65.7 Å². The summed E-state index contributed by atoms with van der Waals surface area (Å²) in [5, 5.41) is 7.30. The van der Waals surface area contributed by atoms with E-state index >= 15 is 0 Å². The zero-order valence-corrected chi connectivity index (χ0v) is 20.2. The fraction of sp³-hybridized carbons (Fsp3) is 0.250. The van der Waals surface area contributed by atoms with Gasteiger partial charge in [-0.2, -0.15) is 4.99 Å². The predicted molar refractivity (Wildman–Crippen MR) is 140 cm³/mol. The van der Waals surface area contributed by atoms with Gasteiger partial charge in [0.1, 0.15) is 0 Å². The van der Waals surface area contributed by atoms with Crippen molar-refractivity contribution in [2.75, 3.05) is 41.7 Å². The summed E-state index contributed by atoms with van der Waals surface area (Å²) in [6, 6.07) is 19.8. The number of aryl methyl sites for hydroxylation is 2. The van der Waals surface area contributed by atoms with Crippen LogP contribution in [-0.2, 0) is 0 Å². The van der Waals surface area contributed by atoms with Crippen LogP contribution in [0.25, 0.3) is 0 Å². The summed E-state index contributed by atoms with van der Waals surface area (Å²) in [6.45, 7) is 7.17. The molecule has 9 heteroatoms. The van der Waals surface area contributed by atoms with Gasteiger partial charge in [-0.3, -0.25) is 5.32 Å². The Balaban J connectivity index is 1.54. The van der Waals surface area contributed by atoms with Crippen molar-refractivity contribution in [2.45, 2.75) is 13.8 Å². The summed E-state index contributed by atoms with van der Waals surface area (Å²) in [5.41, 5.74) is 3.70. The first-order valence-electron chi connectivity index (χ1n) is 10.8. The molecule has 1 saturated heterocycles. The van der Waals surface area contributed by atoms with Gasteiger partial charge in [0, 0.05) is 43.3 Å². The lowest BCUT2D eigenvalue weighted by Crippen LogP contribution is -2.51. The van der Waals surface area contributed by atoms with Crippen molar-refractivity contribution in [3.8, 4) is 0 Å². The summed E-state index contributed by atoms with van der Waals surface area (Å²) in [6.07, 6.45) is 0. The number of anilines is 3. The molecule has 0 spiro atoms. The van der Waals surface area contributed by atoms with Gasteiger partial charge in [-0.25, -0.2) is 9.97 Å². The van der Waals surface area contributed by atoms with Gasteiger partial charge >= 0.3 is 0 Å². The summed E-state index contributed by atoms with van der Waals surface area (Å²) >= 11 is 11.8. The quantitative estimate of drug-likeness (QED) is 0.319. The lowest BCUT2D eigenvalue weighted by atomic mass is 10.2. The molecular formula is C24H26ClN7S. The molecule has 2 heterocycles. The number of halogens is 1. The monoisotopic (exact) mass is 479 g/mol. The fourth-order valence-electron chi connectivity index (χ4n) is 3.68. The molecule has 4 rings (SSSR count). The van der Waals surface area contributed by atoms with E-state index in [1.165, 1.54) is 5.69 Å². The molecule has 2 N–H and O–H groups in total. The number of aliphatic imine (C=N–C) groups is 1. The van der Waals surface area contributed by atoms with E-state index in [1.54, 1.807) is 0 Å². The van der Waals surface area contributed by atoms with Crippen molar-refractivity contribution < 1.29 is 0 Å². The molecule has 33 heavy (non-hydrogen) atoms. The number of hydrogen-bond acceptors (Lipinski definition) is 4. The average Bonchev–Trinajstić information content (AvgIpc) is 2.80. The highest BCUT2D eigenvalue weighted by atomic mass is 35.5. The molecule has 2 aromatic carbocycles. The normalized spacial score (nSPS) is 14.2. The zero-order valence-electron chi connectivity index (χ0n) is 18.6. The molecule has 0 aliphatic carbocycles. The molecular weight excluding hydrogens is 454 g/mol. The van der Waals surface area contributed by atoms with Crippen molar-refractivity contribution >= 4 is 52.2 Å². The van der Waals surface area contributed by atoms with E-state index in [-0.39, 0.29) is 0 Å². The van der Waals surface area contributed by atoms with E-state index in [1.807, 2.05) is 50.2 Å². The third-order valence-electron chi connectivity index (χ3n) is 5.23. The molecule has 0 bridgehead atoms. The smallest absolute Gasteiger partial charge is 0.229 e. The van der Waals surface area contributed by atoms with E-state index in [0.29, 0.717) is 27.7 Å². The first-order chi connectivity index (χ1) is 16.0. The molecule has 1 aliphatic heterocycles. The summed E-state index contributed by atoms with van der Waals surface area (Å²) in [5.74, 6) is 1.11. The Morgan fingerprint density at radius 2 is 1.55 bits per heavy atom. The Hall–Kier alpha value is -3.23. The molecule has 1 aliphatic rings. The highest BCUT2D eigenvalue weighted by Crippen LogP contribution is 2.21. The molecule has 0 atom stereocenters. The number of guanidine groups is 1. The highest BCUT2D eigenvalue weighted by Gasteiger charge is 2.21. The molecule has 0 saturated carbocycles. The fourth-order valence-corrected chi connectivity index (χ4v) is 4.06. The average molecular weight is 480 g/mol. The Labute approximate surface area is 204 Å². The third-order valence-corrected chi connectivity index (χ3v) is 5.75. The maximum absolute atomic E-state index is 6.27. The number of thiocarbonyl (C=S) groups is 1. The van der Waals surface area contributed by atoms with Gasteiger partial charge in [-0.1, -0.05) is 41.9 Å². The van der Waals surface area contributed by atoms with E-state index in [2.05, 4.69) is 59.7 Å². The minimum absolute atomic E-state index is 0.306. The Bertz CT molecular complexity index is 1120. The second-order valence-corrected chi connectivity index (χ2v) is 8.55. The molecule has 3 aromatic rings. The van der Waals surface area contributed by atoms with Gasteiger partial charge in [0.05, 0.1) is 10.7 Å². The number of piperazine rings is 1. The Morgan fingerprint density at radius 1 is 0.909 bits per heavy atom. The molecule has 0 amide bonds. The Morgan fingerprint density at radius 3 is 2.21 bits per heavy atom. The van der Waals surface area contributed by atoms with Crippen molar-refractivity contribution in [1.82, 2.24) is 14.9 Å². The number of rotatable bonds is 3. The second-order valence-electron chi connectivity index (χ2n) is 7.75. The van der Waals surface area contributed by atoms with Gasteiger partial charge in [-0.05, 0) is 56.4 Å². The second kappa shape index (κ2) is 10.6. The van der Waals surface area contributed by atoms with Crippen LogP contribution in [0.5, 0.6) is 0 Å². The highest BCUT2D eigenvalue weighted by molar-refractivity contribution is 7.80. The van der Waals surface area contributed by atoms with Crippen LogP contribution in [0.4, 0.5) is 17.3 Å². The number of aromatic nitrogens is 2. The molecule has 1 aromatic heterocycles. The molecule has 7 nitrogen and oxygen atoms in total. The van der Waals surface area contributed by atoms with Gasteiger partial charge in [-0.15, -0.1) is 0 Å². The molecule has 170 valence electrons. The Kier molecular flexibility index (Phi) is 7.36. The maximum Gasteiger partial charge on any atom is 0.229 e. The lowest BCUT2D eigenvalue weighted by molar-refractivity contribution is 0.385. The van der Waals surface area contributed by atoms with Crippen LogP contribution in [-0.4, -0.2) is 52.1 Å². The van der Waals surface area contributed by atoms with Crippen LogP contribution >= 0.6 is 23.8 Å². The van der Waals surface area contributed by atoms with Gasteiger partial charge in [0.2, 0.25) is 17.0 Å². The number of nitrogens with one attached hydrogen (secondary N) is 2. The number of para-hydroxylation sites is 2. The minimum Gasteiger partial charge on any atom is -0.368 e. The summed E-state index contributed by atoms with van der Waals surface area (Å²) < 4.78 is 0. The third kappa shape index (κ3) is 6.18. The zero-order chi connectivity index (χ0) is 23.2. The molecule has 1 fully saturated rings. The van der Waals surface area contributed by atoms with Crippen molar-refractivity contribution in [3.05, 3.63) is 77.1 Å². The van der Waals surface area contributed by atoms with Crippen LogP contribution in [0, 0.1) is 13.8 Å². The number of hydrogen-bond donors (Lipinski definition) is 2. The van der Waals surface area contributed by atoms with E-state index in [4.69, 9.17) is 23.8 Å². The predicted octanol–water partition coefficient (Wildman–Crippen LogP) is 4.73. The van der Waals surface area contributed by atoms with Crippen LogP contribution in [0.1, 0.15) is 11.4 Å². The van der Waals surface area contributed by atoms with Crippen molar-refractivity contribution in [3.63, 3.8) is 0 Å². The van der Waals surface area contributed by atoms with E-state index in [0.717, 1.165) is 37.6 Å². The first-order valence-corrected chi connectivity index (χ1v) is 11.5. The SMILES string of the molecule is Cc1cc(C)nc(N/C(=N/C(=S)Nc2ccccc2Cl)N2CCN(c3ccccc3)CC2)n1. The summed E-state index contributed by atoms with van der Waals surface area (Å²) in [7, 11) is 0. The lowest BCUT2D eigenvalue weighted by Gasteiger charge is -2.37. The van der Waals surface area contributed by atoms with Crippen molar-refractivity contribution in [2.24, 2.45) is 4.99 Å². The van der Waals surface area contributed by atoms with Crippen LogP contribution in [0.2, 0.25) is 5.02 Å². The van der Waals surface area contributed by atoms with Crippen molar-refractivity contribution in [1.29, 1.82) is 0 Å². The minimum atomic E-state index is 0.306. The van der Waals surface area contributed by atoms with E-state index < -0.39 is 0 Å².